The molecule has 2 atom stereocenters. The standard InChI is InChI=1S/C21H26O2/c1-3-17(15-19-7-5-4-6-8-19)9-10-18-11-13-20(14-12-18)16(2)21(22)23/h4-8,11-14,16-17H,3,9-10,15H2,1-2H3,(H,22,23). The maximum atomic E-state index is 11.0. The number of hydrogen-bond donors (Lipinski definition) is 1. The molecule has 0 aliphatic heterocycles. The van der Waals surface area contributed by atoms with Crippen LogP contribution >= 0.6 is 0 Å². The molecule has 0 fully saturated rings. The second-order valence-electron chi connectivity index (χ2n) is 6.30. The summed E-state index contributed by atoms with van der Waals surface area (Å²) >= 11 is 0. The van der Waals surface area contributed by atoms with Gasteiger partial charge in [-0.05, 0) is 48.8 Å². The Hall–Kier alpha value is -2.09. The fourth-order valence-corrected chi connectivity index (χ4v) is 2.88. The van der Waals surface area contributed by atoms with Gasteiger partial charge in [0, 0.05) is 0 Å². The molecule has 2 aromatic carbocycles. The van der Waals surface area contributed by atoms with Crippen molar-refractivity contribution in [3.05, 3.63) is 71.3 Å². The Morgan fingerprint density at radius 3 is 2.22 bits per heavy atom. The Kier molecular flexibility index (Phi) is 6.40. The minimum atomic E-state index is -0.772. The highest BCUT2D eigenvalue weighted by molar-refractivity contribution is 5.75. The van der Waals surface area contributed by atoms with Crippen molar-refractivity contribution < 1.29 is 9.90 Å². The highest BCUT2D eigenvalue weighted by Crippen LogP contribution is 2.20. The van der Waals surface area contributed by atoms with Crippen LogP contribution in [0.3, 0.4) is 0 Å². The summed E-state index contributed by atoms with van der Waals surface area (Å²) in [5.74, 6) is -0.521. The van der Waals surface area contributed by atoms with Crippen LogP contribution in [0.15, 0.2) is 54.6 Å². The molecule has 122 valence electrons. The molecule has 0 amide bonds. The van der Waals surface area contributed by atoms with Crippen LogP contribution in [0.25, 0.3) is 0 Å². The summed E-state index contributed by atoms with van der Waals surface area (Å²) in [5, 5.41) is 9.05. The van der Waals surface area contributed by atoms with Crippen LogP contribution < -0.4 is 0 Å². The Morgan fingerprint density at radius 1 is 1.00 bits per heavy atom. The first-order chi connectivity index (χ1) is 11.1. The van der Waals surface area contributed by atoms with Gasteiger partial charge in [0.15, 0.2) is 0 Å². The summed E-state index contributed by atoms with van der Waals surface area (Å²) in [6.07, 6.45) is 4.53. The fourth-order valence-electron chi connectivity index (χ4n) is 2.88. The molecule has 0 bridgehead atoms. The predicted molar refractivity (Wildman–Crippen MR) is 94.7 cm³/mol. The van der Waals surface area contributed by atoms with Crippen LogP contribution in [0.5, 0.6) is 0 Å². The Labute approximate surface area is 139 Å². The van der Waals surface area contributed by atoms with Crippen molar-refractivity contribution in [3.8, 4) is 0 Å². The first-order valence-electron chi connectivity index (χ1n) is 8.45. The smallest absolute Gasteiger partial charge is 0.310 e. The van der Waals surface area contributed by atoms with E-state index in [0.717, 1.165) is 18.4 Å². The van der Waals surface area contributed by atoms with Crippen molar-refractivity contribution in [2.24, 2.45) is 5.92 Å². The number of rotatable bonds is 8. The first-order valence-corrected chi connectivity index (χ1v) is 8.45. The lowest BCUT2D eigenvalue weighted by molar-refractivity contribution is -0.138. The minimum absolute atomic E-state index is 0.439. The maximum absolute atomic E-state index is 11.0. The predicted octanol–water partition coefficient (Wildman–Crippen LogP) is 5.08. The molecule has 0 saturated heterocycles. The highest BCUT2D eigenvalue weighted by atomic mass is 16.4. The molecule has 0 aromatic heterocycles. The lowest BCUT2D eigenvalue weighted by atomic mass is 9.90. The fraction of sp³-hybridized carbons (Fsp3) is 0.381. The summed E-state index contributed by atoms with van der Waals surface area (Å²) in [6, 6.07) is 18.7. The summed E-state index contributed by atoms with van der Waals surface area (Å²) in [6.45, 7) is 3.98. The molecule has 0 aliphatic rings. The van der Waals surface area contributed by atoms with Crippen molar-refractivity contribution in [1.29, 1.82) is 0 Å². The summed E-state index contributed by atoms with van der Waals surface area (Å²) in [5.41, 5.74) is 3.57. The molecule has 0 heterocycles. The van der Waals surface area contributed by atoms with Gasteiger partial charge in [-0.2, -0.15) is 0 Å². The highest BCUT2D eigenvalue weighted by Gasteiger charge is 2.13. The average Bonchev–Trinajstić information content (AvgIpc) is 2.59. The molecular formula is C21H26O2. The van der Waals surface area contributed by atoms with Crippen LogP contribution in [-0.4, -0.2) is 11.1 Å². The van der Waals surface area contributed by atoms with Crippen LogP contribution in [-0.2, 0) is 17.6 Å². The van der Waals surface area contributed by atoms with Crippen molar-refractivity contribution in [2.75, 3.05) is 0 Å². The van der Waals surface area contributed by atoms with Gasteiger partial charge in [0.1, 0.15) is 0 Å². The number of aliphatic carboxylic acids is 1. The second kappa shape index (κ2) is 8.52. The molecule has 2 heteroatoms. The van der Waals surface area contributed by atoms with Gasteiger partial charge in [-0.3, -0.25) is 4.79 Å². The van der Waals surface area contributed by atoms with E-state index < -0.39 is 11.9 Å². The quantitative estimate of drug-likeness (QED) is 0.738. The summed E-state index contributed by atoms with van der Waals surface area (Å²) < 4.78 is 0. The normalized spacial score (nSPS) is 13.5. The van der Waals surface area contributed by atoms with Gasteiger partial charge in [-0.25, -0.2) is 0 Å². The zero-order valence-corrected chi connectivity index (χ0v) is 14.0. The molecule has 2 unspecified atom stereocenters. The SMILES string of the molecule is CCC(CCc1ccc(C(C)C(=O)O)cc1)Cc1ccccc1. The number of carbonyl (C=O) groups is 1. The monoisotopic (exact) mass is 310 g/mol. The molecule has 1 N–H and O–H groups in total. The first kappa shape index (κ1) is 17.3. The topological polar surface area (TPSA) is 37.3 Å². The van der Waals surface area contributed by atoms with Crippen LogP contribution in [0.2, 0.25) is 0 Å². The molecule has 2 nitrogen and oxygen atoms in total. The number of carboxylic acid groups (broad SMARTS) is 1. The van der Waals surface area contributed by atoms with E-state index in [4.69, 9.17) is 5.11 Å². The van der Waals surface area contributed by atoms with E-state index >= 15 is 0 Å². The summed E-state index contributed by atoms with van der Waals surface area (Å²) in [4.78, 5) is 11.0. The van der Waals surface area contributed by atoms with Crippen molar-refractivity contribution in [1.82, 2.24) is 0 Å². The molecule has 0 spiro atoms. The molecule has 23 heavy (non-hydrogen) atoms. The van der Waals surface area contributed by atoms with Gasteiger partial charge >= 0.3 is 5.97 Å². The van der Waals surface area contributed by atoms with Gasteiger partial charge in [-0.1, -0.05) is 67.9 Å². The number of aryl methyl sites for hydroxylation is 1. The maximum Gasteiger partial charge on any atom is 0.310 e. The third-order valence-corrected chi connectivity index (χ3v) is 4.64. The van der Waals surface area contributed by atoms with E-state index in [-0.39, 0.29) is 0 Å². The van der Waals surface area contributed by atoms with E-state index in [1.807, 2.05) is 12.1 Å². The van der Waals surface area contributed by atoms with E-state index in [1.165, 1.54) is 24.0 Å². The molecule has 0 saturated carbocycles. The third kappa shape index (κ3) is 5.24. The number of carboxylic acids is 1. The molecule has 2 rings (SSSR count). The zero-order valence-electron chi connectivity index (χ0n) is 14.0. The Bertz CT molecular complexity index is 601. The lowest BCUT2D eigenvalue weighted by Gasteiger charge is -2.15. The zero-order chi connectivity index (χ0) is 16.7. The Balaban J connectivity index is 1.90. The van der Waals surface area contributed by atoms with E-state index in [1.54, 1.807) is 6.92 Å². The van der Waals surface area contributed by atoms with E-state index in [0.29, 0.717) is 5.92 Å². The van der Waals surface area contributed by atoms with Crippen molar-refractivity contribution in [2.45, 2.75) is 45.4 Å². The van der Waals surface area contributed by atoms with Crippen LogP contribution in [0.4, 0.5) is 0 Å². The Morgan fingerprint density at radius 2 is 1.65 bits per heavy atom. The summed E-state index contributed by atoms with van der Waals surface area (Å²) in [7, 11) is 0. The van der Waals surface area contributed by atoms with Crippen molar-refractivity contribution >= 4 is 5.97 Å². The number of benzene rings is 2. The van der Waals surface area contributed by atoms with Gasteiger partial charge in [0.05, 0.1) is 5.92 Å². The molecule has 0 aliphatic carbocycles. The van der Waals surface area contributed by atoms with Gasteiger partial charge in [0.2, 0.25) is 0 Å². The average molecular weight is 310 g/mol. The third-order valence-electron chi connectivity index (χ3n) is 4.64. The lowest BCUT2D eigenvalue weighted by Crippen LogP contribution is -2.07. The largest absolute Gasteiger partial charge is 0.481 e. The second-order valence-corrected chi connectivity index (χ2v) is 6.30. The van der Waals surface area contributed by atoms with Crippen LogP contribution in [0.1, 0.15) is 49.3 Å². The minimum Gasteiger partial charge on any atom is -0.481 e. The van der Waals surface area contributed by atoms with Gasteiger partial charge < -0.3 is 5.11 Å². The van der Waals surface area contributed by atoms with Gasteiger partial charge in [-0.15, -0.1) is 0 Å². The van der Waals surface area contributed by atoms with Gasteiger partial charge in [0.25, 0.3) is 0 Å². The van der Waals surface area contributed by atoms with Crippen LogP contribution in [0, 0.1) is 5.92 Å². The van der Waals surface area contributed by atoms with Crippen molar-refractivity contribution in [3.63, 3.8) is 0 Å². The van der Waals surface area contributed by atoms with E-state index in [9.17, 15) is 4.79 Å². The molecule has 0 radical (unpaired) electrons. The molecule has 2 aromatic rings. The van der Waals surface area contributed by atoms with E-state index in [2.05, 4.69) is 49.4 Å². The molecular weight excluding hydrogens is 284 g/mol. The number of hydrogen-bond acceptors (Lipinski definition) is 1.